The third-order valence-corrected chi connectivity index (χ3v) is 7.94. The average Bonchev–Trinajstić information content (AvgIpc) is 3.38. The first-order chi connectivity index (χ1) is 20.6. The quantitative estimate of drug-likeness (QED) is 0.397. The molecule has 3 heterocycles. The number of anilines is 2. The summed E-state index contributed by atoms with van der Waals surface area (Å²) in [4.78, 5) is 51.9. The summed E-state index contributed by atoms with van der Waals surface area (Å²) >= 11 is 6.54. The van der Waals surface area contributed by atoms with Crippen LogP contribution in [0.4, 0.5) is 24.7 Å². The third kappa shape index (κ3) is 6.46. The molecule has 2 fully saturated rings. The highest BCUT2D eigenvalue weighted by Crippen LogP contribution is 2.37. The van der Waals surface area contributed by atoms with E-state index in [9.17, 15) is 32.8 Å². The molecular weight excluding hydrogens is 585 g/mol. The van der Waals surface area contributed by atoms with Crippen LogP contribution in [0.3, 0.4) is 0 Å². The summed E-state index contributed by atoms with van der Waals surface area (Å²) in [5.74, 6) is -5.45. The summed E-state index contributed by atoms with van der Waals surface area (Å²) in [6.07, 6.45) is 2.73. The van der Waals surface area contributed by atoms with Crippen LogP contribution in [0, 0.1) is 17.1 Å². The molecule has 1 N–H and O–H groups in total. The largest absolute Gasteiger partial charge is 0.351 e. The van der Waals surface area contributed by atoms with Gasteiger partial charge in [0.25, 0.3) is 5.91 Å². The van der Waals surface area contributed by atoms with Gasteiger partial charge < -0.3 is 5.32 Å². The van der Waals surface area contributed by atoms with Gasteiger partial charge in [0.2, 0.25) is 17.7 Å². The van der Waals surface area contributed by atoms with E-state index in [1.165, 1.54) is 36.7 Å². The van der Waals surface area contributed by atoms with Crippen LogP contribution in [0.1, 0.15) is 55.7 Å². The monoisotopic (exact) mass is 610 g/mol. The van der Waals surface area contributed by atoms with Crippen molar-refractivity contribution in [1.82, 2.24) is 15.3 Å². The molecule has 1 aliphatic carbocycles. The van der Waals surface area contributed by atoms with Crippen LogP contribution in [0.5, 0.6) is 0 Å². The van der Waals surface area contributed by atoms with Crippen molar-refractivity contribution in [2.24, 2.45) is 0 Å². The molecule has 13 heteroatoms. The Hall–Kier alpha value is -4.50. The number of nitrogens with zero attached hydrogens (tertiary/aromatic N) is 5. The van der Waals surface area contributed by atoms with Gasteiger partial charge in [-0.25, -0.2) is 18.2 Å². The van der Waals surface area contributed by atoms with Crippen molar-refractivity contribution in [2.45, 2.75) is 62.6 Å². The van der Waals surface area contributed by atoms with Gasteiger partial charge in [-0.1, -0.05) is 29.8 Å². The number of hydrogen-bond donors (Lipinski definition) is 1. The lowest BCUT2D eigenvalue weighted by Crippen LogP contribution is -2.53. The zero-order chi connectivity index (χ0) is 30.7. The maximum absolute atomic E-state index is 14.5. The highest BCUT2D eigenvalue weighted by atomic mass is 35.5. The van der Waals surface area contributed by atoms with E-state index in [0.29, 0.717) is 0 Å². The molecule has 3 aromatic rings. The molecule has 0 bridgehead atoms. The standard InChI is InChI=1S/C30H26ClF3N6O3/c31-23-4-2-1-3-22(23)27(28(42)38-20-7-10-30(33,34)11-8-20)39(21-14-19(32)16-36-17-21)29(43)24-5-6-26(41)40(24)25-13-18(15-35)9-12-37-25/h1-4,9,12-14,16-17,20,24,27H,5-8,10-11H2,(H,38,42)/t24-,27-/m0/s1. The van der Waals surface area contributed by atoms with E-state index >= 15 is 0 Å². The Morgan fingerprint density at radius 2 is 1.88 bits per heavy atom. The van der Waals surface area contributed by atoms with Crippen LogP contribution in [-0.2, 0) is 14.4 Å². The first-order valence-electron chi connectivity index (χ1n) is 13.6. The van der Waals surface area contributed by atoms with Gasteiger partial charge in [-0.05, 0) is 37.5 Å². The van der Waals surface area contributed by atoms with Gasteiger partial charge in [-0.15, -0.1) is 0 Å². The topological polar surface area (TPSA) is 119 Å². The SMILES string of the molecule is N#Cc1ccnc(N2C(=O)CC[C@H]2C(=O)N(c2cncc(F)c2)[C@H](C(=O)NC2CCC(F)(F)CC2)c2ccccc2Cl)c1. The van der Waals surface area contributed by atoms with E-state index in [1.54, 1.807) is 12.1 Å². The van der Waals surface area contributed by atoms with Gasteiger partial charge in [0, 0.05) is 48.2 Å². The van der Waals surface area contributed by atoms with Crippen LogP contribution in [0.2, 0.25) is 5.02 Å². The highest BCUT2D eigenvalue weighted by molar-refractivity contribution is 6.31. The number of rotatable bonds is 7. The molecule has 0 unspecified atom stereocenters. The van der Waals surface area contributed by atoms with Crippen molar-refractivity contribution in [3.8, 4) is 6.07 Å². The summed E-state index contributed by atoms with van der Waals surface area (Å²) in [7, 11) is 0. The molecule has 43 heavy (non-hydrogen) atoms. The highest BCUT2D eigenvalue weighted by Gasteiger charge is 2.45. The van der Waals surface area contributed by atoms with Crippen molar-refractivity contribution in [2.75, 3.05) is 9.80 Å². The number of benzene rings is 1. The van der Waals surface area contributed by atoms with Crippen LogP contribution in [0.15, 0.2) is 61.1 Å². The predicted octanol–water partition coefficient (Wildman–Crippen LogP) is 5.10. The number of carbonyl (C=O) groups excluding carboxylic acids is 3. The smallest absolute Gasteiger partial charge is 0.251 e. The van der Waals surface area contributed by atoms with E-state index in [1.807, 2.05) is 6.07 Å². The third-order valence-electron chi connectivity index (χ3n) is 7.59. The van der Waals surface area contributed by atoms with Gasteiger partial charge in [-0.3, -0.25) is 29.2 Å². The second-order valence-electron chi connectivity index (χ2n) is 10.5. The molecule has 0 radical (unpaired) electrons. The van der Waals surface area contributed by atoms with E-state index in [4.69, 9.17) is 11.6 Å². The van der Waals surface area contributed by atoms with E-state index in [0.717, 1.165) is 22.1 Å². The predicted molar refractivity (Wildman–Crippen MR) is 151 cm³/mol. The Labute approximate surface area is 250 Å². The van der Waals surface area contributed by atoms with Crippen LogP contribution in [-0.4, -0.2) is 45.7 Å². The summed E-state index contributed by atoms with van der Waals surface area (Å²) < 4.78 is 42.2. The minimum absolute atomic E-state index is 0.0231. The van der Waals surface area contributed by atoms with Crippen molar-refractivity contribution in [1.29, 1.82) is 5.26 Å². The van der Waals surface area contributed by atoms with E-state index < -0.39 is 60.4 Å². The molecule has 222 valence electrons. The fourth-order valence-electron chi connectivity index (χ4n) is 5.48. The Balaban J connectivity index is 1.59. The fraction of sp³-hybridized carbons (Fsp3) is 0.333. The molecule has 2 aliphatic rings. The first kappa shape index (κ1) is 30.0. The normalized spacial score (nSPS) is 19.0. The van der Waals surface area contributed by atoms with Crippen molar-refractivity contribution in [3.05, 3.63) is 83.0 Å². The number of nitriles is 1. The molecule has 5 rings (SSSR count). The molecule has 2 aromatic heterocycles. The van der Waals surface area contributed by atoms with Crippen LogP contribution < -0.4 is 15.1 Å². The van der Waals surface area contributed by atoms with Crippen molar-refractivity contribution < 1.29 is 27.6 Å². The lowest BCUT2D eigenvalue weighted by Gasteiger charge is -2.36. The van der Waals surface area contributed by atoms with E-state index in [-0.39, 0.29) is 53.3 Å². The molecule has 0 spiro atoms. The summed E-state index contributed by atoms with van der Waals surface area (Å²) in [5, 5.41) is 12.3. The maximum Gasteiger partial charge on any atom is 0.251 e. The average molecular weight is 611 g/mol. The summed E-state index contributed by atoms with van der Waals surface area (Å²) in [6.45, 7) is 0. The Morgan fingerprint density at radius 1 is 1.14 bits per heavy atom. The number of aromatic nitrogens is 2. The van der Waals surface area contributed by atoms with Gasteiger partial charge in [0.15, 0.2) is 0 Å². The molecule has 9 nitrogen and oxygen atoms in total. The summed E-state index contributed by atoms with van der Waals surface area (Å²) in [5.41, 5.74) is 0.327. The molecule has 1 saturated heterocycles. The molecular formula is C30H26ClF3N6O3. The molecule has 2 atom stereocenters. The zero-order valence-corrected chi connectivity index (χ0v) is 23.5. The summed E-state index contributed by atoms with van der Waals surface area (Å²) in [6, 6.07) is 8.85. The zero-order valence-electron chi connectivity index (χ0n) is 22.7. The Kier molecular flexibility index (Phi) is 8.64. The van der Waals surface area contributed by atoms with Gasteiger partial charge in [0.1, 0.15) is 23.7 Å². The van der Waals surface area contributed by atoms with Crippen LogP contribution in [0.25, 0.3) is 0 Å². The molecule has 1 aliphatic heterocycles. The number of amides is 3. The van der Waals surface area contributed by atoms with Crippen molar-refractivity contribution >= 4 is 40.8 Å². The van der Waals surface area contributed by atoms with Gasteiger partial charge in [-0.2, -0.15) is 5.26 Å². The number of halogens is 4. The number of nitrogens with one attached hydrogen (secondary N) is 1. The Bertz CT molecular complexity index is 1590. The lowest BCUT2D eigenvalue weighted by molar-refractivity contribution is -0.128. The minimum atomic E-state index is -2.83. The number of hydrogen-bond acceptors (Lipinski definition) is 6. The maximum atomic E-state index is 14.5. The number of pyridine rings is 2. The number of alkyl halides is 2. The fourth-order valence-corrected chi connectivity index (χ4v) is 5.72. The minimum Gasteiger partial charge on any atom is -0.351 e. The van der Waals surface area contributed by atoms with Crippen molar-refractivity contribution in [3.63, 3.8) is 0 Å². The van der Waals surface area contributed by atoms with Gasteiger partial charge in [0.05, 0.1) is 29.7 Å². The van der Waals surface area contributed by atoms with Gasteiger partial charge >= 0.3 is 0 Å². The molecule has 1 saturated carbocycles. The Morgan fingerprint density at radius 3 is 2.58 bits per heavy atom. The van der Waals surface area contributed by atoms with Crippen LogP contribution >= 0.6 is 11.6 Å². The number of carbonyl (C=O) groups is 3. The molecule has 1 aromatic carbocycles. The van der Waals surface area contributed by atoms with E-state index in [2.05, 4.69) is 15.3 Å². The second-order valence-corrected chi connectivity index (χ2v) is 10.9. The first-order valence-corrected chi connectivity index (χ1v) is 14.0. The second kappa shape index (κ2) is 12.4. The lowest BCUT2D eigenvalue weighted by atomic mass is 9.91. The molecule has 3 amide bonds.